The van der Waals surface area contributed by atoms with Crippen LogP contribution in [0.2, 0.25) is 0 Å². The first-order chi connectivity index (χ1) is 24.5. The SMILES string of the molecule is C=C(CC[C@]12O[C@H](C(=O)OC)[C@@](O)(C(=O)OC)[C@](C(=O)OC)(O1)[C@H](OC(=O)/C=C/C(C)CC(C)CC)[C@H]2O)C(OC(C)=O)C(C)Cc1ccccc1. The number of allylic oxidation sites excluding steroid dienone is 1. The van der Waals surface area contributed by atoms with Crippen molar-refractivity contribution in [1.82, 2.24) is 0 Å². The quantitative estimate of drug-likeness (QED) is 0.103. The van der Waals surface area contributed by atoms with Gasteiger partial charge >= 0.3 is 29.8 Å². The molecule has 2 aliphatic rings. The molecule has 1 aromatic carbocycles. The number of methoxy groups -OCH3 is 3. The summed E-state index contributed by atoms with van der Waals surface area (Å²) in [6.07, 6.45) is -3.22. The molecule has 2 heterocycles. The molecule has 0 spiro atoms. The van der Waals surface area contributed by atoms with E-state index in [2.05, 4.69) is 13.5 Å². The fourth-order valence-electron chi connectivity index (χ4n) is 6.96. The van der Waals surface area contributed by atoms with E-state index in [-0.39, 0.29) is 18.3 Å². The molecule has 2 bridgehead atoms. The maximum Gasteiger partial charge on any atom is 0.346 e. The maximum absolute atomic E-state index is 13.9. The molecule has 0 aromatic heterocycles. The van der Waals surface area contributed by atoms with E-state index in [1.165, 1.54) is 6.92 Å². The molecule has 0 amide bonds. The van der Waals surface area contributed by atoms with Crippen LogP contribution in [0.15, 0.2) is 54.6 Å². The highest BCUT2D eigenvalue weighted by atomic mass is 16.8. The van der Waals surface area contributed by atoms with Gasteiger partial charge in [0.05, 0.1) is 21.3 Å². The molecule has 14 heteroatoms. The van der Waals surface area contributed by atoms with Gasteiger partial charge < -0.3 is 43.4 Å². The van der Waals surface area contributed by atoms with Gasteiger partial charge in [0.1, 0.15) is 12.2 Å². The lowest BCUT2D eigenvalue weighted by Crippen LogP contribution is -2.78. The normalized spacial score (nSPS) is 28.9. The van der Waals surface area contributed by atoms with Crippen molar-refractivity contribution < 1.29 is 67.3 Å². The molecule has 4 unspecified atom stereocenters. The van der Waals surface area contributed by atoms with Crippen molar-refractivity contribution in [3.05, 3.63) is 60.2 Å². The Hall–Kier alpha value is -4.11. The van der Waals surface area contributed by atoms with Crippen LogP contribution in [0.25, 0.3) is 0 Å². The molecule has 288 valence electrons. The van der Waals surface area contributed by atoms with Crippen LogP contribution in [0, 0.1) is 17.8 Å². The van der Waals surface area contributed by atoms with Gasteiger partial charge in [-0.15, -0.1) is 0 Å². The van der Waals surface area contributed by atoms with Crippen LogP contribution in [-0.2, 0) is 63.6 Å². The average molecular weight is 733 g/mol. The van der Waals surface area contributed by atoms with Gasteiger partial charge in [0.2, 0.25) is 17.5 Å². The molecule has 0 aliphatic carbocycles. The zero-order valence-electron chi connectivity index (χ0n) is 31.1. The molecule has 10 atom stereocenters. The lowest BCUT2D eigenvalue weighted by Gasteiger charge is -2.49. The highest BCUT2D eigenvalue weighted by Crippen LogP contribution is 2.56. The zero-order valence-corrected chi connectivity index (χ0v) is 31.1. The van der Waals surface area contributed by atoms with Crippen molar-refractivity contribution in [2.75, 3.05) is 21.3 Å². The number of benzene rings is 1. The van der Waals surface area contributed by atoms with E-state index in [0.29, 0.717) is 17.9 Å². The van der Waals surface area contributed by atoms with Crippen LogP contribution >= 0.6 is 0 Å². The minimum Gasteiger partial charge on any atom is -0.467 e. The minimum absolute atomic E-state index is 0.0631. The summed E-state index contributed by atoms with van der Waals surface area (Å²) >= 11 is 0. The predicted molar refractivity (Wildman–Crippen MR) is 184 cm³/mol. The van der Waals surface area contributed by atoms with Crippen molar-refractivity contribution in [3.8, 4) is 0 Å². The van der Waals surface area contributed by atoms with E-state index in [9.17, 15) is 34.2 Å². The van der Waals surface area contributed by atoms with Crippen LogP contribution in [0.4, 0.5) is 0 Å². The van der Waals surface area contributed by atoms with E-state index in [0.717, 1.165) is 45.8 Å². The molecule has 2 N–H and O–H groups in total. The van der Waals surface area contributed by atoms with Gasteiger partial charge in [-0.2, -0.15) is 0 Å². The van der Waals surface area contributed by atoms with Gasteiger partial charge in [0.15, 0.2) is 6.10 Å². The topological polar surface area (TPSA) is 190 Å². The van der Waals surface area contributed by atoms with Gasteiger partial charge in [-0.25, -0.2) is 19.2 Å². The molecule has 0 radical (unpaired) electrons. The number of hydrogen-bond acceptors (Lipinski definition) is 14. The Balaban J connectivity index is 2.10. The fourth-order valence-corrected chi connectivity index (χ4v) is 6.96. The van der Waals surface area contributed by atoms with E-state index >= 15 is 0 Å². The van der Waals surface area contributed by atoms with Crippen molar-refractivity contribution in [2.45, 2.75) is 108 Å². The molecule has 1 aromatic rings. The van der Waals surface area contributed by atoms with Gasteiger partial charge in [-0.1, -0.05) is 77.1 Å². The first-order valence-electron chi connectivity index (χ1n) is 17.3. The number of carbonyl (C=O) groups excluding carboxylic acids is 5. The molecule has 0 saturated carbocycles. The Kier molecular flexibility index (Phi) is 14.3. The summed E-state index contributed by atoms with van der Waals surface area (Å²) in [5.41, 5.74) is -5.21. The van der Waals surface area contributed by atoms with Gasteiger partial charge in [0, 0.05) is 25.3 Å². The Labute approximate surface area is 304 Å². The van der Waals surface area contributed by atoms with Crippen LogP contribution in [0.1, 0.15) is 65.9 Å². The Morgan fingerprint density at radius 1 is 1.00 bits per heavy atom. The predicted octanol–water partition coefficient (Wildman–Crippen LogP) is 3.15. The first-order valence-corrected chi connectivity index (χ1v) is 17.3. The number of rotatable bonds is 17. The second-order valence-electron chi connectivity index (χ2n) is 13.7. The largest absolute Gasteiger partial charge is 0.467 e. The summed E-state index contributed by atoms with van der Waals surface area (Å²) in [5.74, 6) is -8.51. The standard InChI is InChI=1S/C38H52O14/c1-10-22(2)20-23(3)16-17-28(40)50-31-30(41)36(19-18-24(4)29(49-26(6)39)25(5)21-27-14-12-11-13-15-27)51-32(33(42)46-7)37(45,34(43)47-8)38(31,52-36)35(44)48-9/h11-17,22-23,25,29-32,41,45H,4,10,18-21H2,1-3,5-9H3/b17-16+/t22?,23?,25?,29?,30-,31-,32-,36+,37-,38+/m1/s1. The van der Waals surface area contributed by atoms with Crippen molar-refractivity contribution in [2.24, 2.45) is 17.8 Å². The monoisotopic (exact) mass is 732 g/mol. The molecular formula is C38H52O14. The number of ether oxygens (including phenoxy) is 7. The lowest BCUT2D eigenvalue weighted by atomic mass is 9.74. The first kappa shape index (κ1) is 42.3. The third-order valence-electron chi connectivity index (χ3n) is 9.82. The number of hydrogen-bond donors (Lipinski definition) is 2. The Morgan fingerprint density at radius 3 is 2.19 bits per heavy atom. The minimum atomic E-state index is -3.41. The Bertz CT molecular complexity index is 1490. The summed E-state index contributed by atoms with van der Waals surface area (Å²) in [6, 6.07) is 9.48. The fraction of sp³-hybridized carbons (Fsp3) is 0.605. The van der Waals surface area contributed by atoms with E-state index in [1.54, 1.807) is 6.08 Å². The van der Waals surface area contributed by atoms with E-state index in [4.69, 9.17) is 33.2 Å². The second kappa shape index (κ2) is 17.6. The molecule has 2 saturated heterocycles. The number of aliphatic hydroxyl groups excluding tert-OH is 1. The number of esters is 5. The van der Waals surface area contributed by atoms with Gasteiger partial charge in [-0.3, -0.25) is 4.79 Å². The summed E-state index contributed by atoms with van der Waals surface area (Å²) < 4.78 is 38.0. The van der Waals surface area contributed by atoms with Crippen LogP contribution in [0.5, 0.6) is 0 Å². The van der Waals surface area contributed by atoms with Crippen molar-refractivity contribution in [3.63, 3.8) is 0 Å². The molecular weight excluding hydrogens is 680 g/mol. The smallest absolute Gasteiger partial charge is 0.346 e. The number of fused-ring (bicyclic) bond motifs is 2. The van der Waals surface area contributed by atoms with Crippen LogP contribution in [-0.4, -0.2) is 103 Å². The third kappa shape index (κ3) is 8.41. The van der Waals surface area contributed by atoms with Crippen molar-refractivity contribution in [1.29, 1.82) is 0 Å². The number of carbonyl (C=O) groups is 5. The van der Waals surface area contributed by atoms with Gasteiger partial charge in [-0.05, 0) is 42.2 Å². The average Bonchev–Trinajstić information content (AvgIpc) is 3.34. The summed E-state index contributed by atoms with van der Waals surface area (Å²) in [4.78, 5) is 66.1. The maximum atomic E-state index is 13.9. The lowest BCUT2D eigenvalue weighted by molar-refractivity contribution is -0.374. The highest BCUT2D eigenvalue weighted by Gasteiger charge is 2.86. The summed E-state index contributed by atoms with van der Waals surface area (Å²) in [5, 5.41) is 24.1. The molecule has 52 heavy (non-hydrogen) atoms. The van der Waals surface area contributed by atoms with Crippen LogP contribution < -0.4 is 0 Å². The van der Waals surface area contributed by atoms with E-state index in [1.807, 2.05) is 51.1 Å². The van der Waals surface area contributed by atoms with E-state index < -0.39 is 77.7 Å². The highest BCUT2D eigenvalue weighted by molar-refractivity contribution is 5.99. The van der Waals surface area contributed by atoms with Crippen LogP contribution in [0.3, 0.4) is 0 Å². The molecule has 14 nitrogen and oxygen atoms in total. The Morgan fingerprint density at radius 2 is 1.63 bits per heavy atom. The summed E-state index contributed by atoms with van der Waals surface area (Å²) in [7, 11) is 2.71. The third-order valence-corrected chi connectivity index (χ3v) is 9.82. The van der Waals surface area contributed by atoms with Gasteiger partial charge in [0.25, 0.3) is 5.60 Å². The zero-order chi connectivity index (χ0) is 39.0. The second-order valence-corrected chi connectivity index (χ2v) is 13.7. The molecule has 2 aliphatic heterocycles. The summed E-state index contributed by atoms with van der Waals surface area (Å²) in [6.45, 7) is 13.2. The molecule has 3 rings (SSSR count). The number of aliphatic hydroxyl groups is 2. The molecule has 2 fully saturated rings. The van der Waals surface area contributed by atoms with Crippen molar-refractivity contribution >= 4 is 29.8 Å².